The third-order valence-electron chi connectivity index (χ3n) is 3.16. The van der Waals surface area contributed by atoms with Crippen molar-refractivity contribution in [3.05, 3.63) is 42.0 Å². The summed E-state index contributed by atoms with van der Waals surface area (Å²) in [5.74, 6) is 2.59. The van der Waals surface area contributed by atoms with E-state index in [-0.39, 0.29) is 7.43 Å². The molecule has 0 aliphatic carbocycles. The second-order valence-corrected chi connectivity index (χ2v) is 6.80. The summed E-state index contributed by atoms with van der Waals surface area (Å²) in [7, 11) is 0.419. The maximum absolute atomic E-state index is 2.32. The Hall–Kier alpha value is -0.950. The molecule has 0 nitrogen and oxygen atoms in total. The average molecular weight is 261 g/mol. The van der Waals surface area contributed by atoms with Gasteiger partial charge in [-0.15, -0.1) is 0 Å². The second kappa shape index (κ2) is 6.84. The van der Waals surface area contributed by atoms with E-state index in [1.54, 1.807) is 4.90 Å². The fraction of sp³-hybridized carbons (Fsp3) is 0.412. The maximum atomic E-state index is 2.32. The smallest absolute Gasteiger partial charge is 0.0776 e. The van der Waals surface area contributed by atoms with Crippen molar-refractivity contribution in [1.82, 2.24) is 0 Å². The van der Waals surface area contributed by atoms with E-state index < -0.39 is 0 Å². The van der Waals surface area contributed by atoms with Gasteiger partial charge in [0.05, 0.1) is 0 Å². The van der Waals surface area contributed by atoms with Crippen LogP contribution in [0.4, 0.5) is 0 Å². The maximum Gasteiger partial charge on any atom is 0.165 e. The van der Waals surface area contributed by atoms with E-state index in [1.807, 2.05) is 0 Å². The van der Waals surface area contributed by atoms with Gasteiger partial charge in [0.1, 0.15) is 11.5 Å². The molecular formula is C17H25S+. The quantitative estimate of drug-likeness (QED) is 0.664. The van der Waals surface area contributed by atoms with E-state index in [1.165, 1.54) is 34.3 Å². The number of fused-ring (bicyclic) bond motifs is 1. The summed E-state index contributed by atoms with van der Waals surface area (Å²) in [6, 6.07) is 13.3. The van der Waals surface area contributed by atoms with Crippen molar-refractivity contribution in [2.24, 2.45) is 0 Å². The summed E-state index contributed by atoms with van der Waals surface area (Å²) in [5.41, 5.74) is 1.46. The molecule has 2 aromatic rings. The van der Waals surface area contributed by atoms with Crippen molar-refractivity contribution < 1.29 is 0 Å². The lowest BCUT2D eigenvalue weighted by Gasteiger charge is -2.11. The second-order valence-electron chi connectivity index (χ2n) is 4.42. The minimum atomic E-state index is 0. The largest absolute Gasteiger partial charge is 0.165 e. The first kappa shape index (κ1) is 15.1. The summed E-state index contributed by atoms with van der Waals surface area (Å²) in [5, 5.41) is 2.85. The Morgan fingerprint density at radius 3 is 2.39 bits per heavy atom. The first-order chi connectivity index (χ1) is 8.27. The van der Waals surface area contributed by atoms with Crippen LogP contribution in [0.2, 0.25) is 0 Å². The Morgan fingerprint density at radius 2 is 1.72 bits per heavy atom. The van der Waals surface area contributed by atoms with Gasteiger partial charge in [-0.2, -0.15) is 0 Å². The first-order valence-electron chi connectivity index (χ1n) is 6.43. The van der Waals surface area contributed by atoms with Crippen molar-refractivity contribution in [3.8, 4) is 0 Å². The number of benzene rings is 2. The average Bonchev–Trinajstić information content (AvgIpc) is 2.37. The zero-order valence-electron chi connectivity index (χ0n) is 11.0. The van der Waals surface area contributed by atoms with Gasteiger partial charge in [0.2, 0.25) is 0 Å². The molecule has 0 bridgehead atoms. The van der Waals surface area contributed by atoms with E-state index in [4.69, 9.17) is 0 Å². The van der Waals surface area contributed by atoms with Crippen molar-refractivity contribution in [3.63, 3.8) is 0 Å². The van der Waals surface area contributed by atoms with Gasteiger partial charge in [0, 0.05) is 21.8 Å². The van der Waals surface area contributed by atoms with E-state index in [0.717, 1.165) is 0 Å². The third kappa shape index (κ3) is 2.89. The highest BCUT2D eigenvalue weighted by atomic mass is 32.2. The number of hydrogen-bond donors (Lipinski definition) is 0. The predicted molar refractivity (Wildman–Crippen MR) is 86.7 cm³/mol. The highest BCUT2D eigenvalue weighted by Gasteiger charge is 2.23. The zero-order chi connectivity index (χ0) is 12.3. The number of rotatable bonds is 4. The Morgan fingerprint density at radius 1 is 1.00 bits per heavy atom. The van der Waals surface area contributed by atoms with Crippen molar-refractivity contribution in [2.45, 2.75) is 39.5 Å². The molecule has 0 heterocycles. The van der Waals surface area contributed by atoms with Gasteiger partial charge in [-0.25, -0.2) is 0 Å². The SMILES string of the molecule is C.CCC[S+](CC)c1c(C)ccc2ccccc12. The van der Waals surface area contributed by atoms with Crippen LogP contribution in [0, 0.1) is 6.92 Å². The number of hydrogen-bond acceptors (Lipinski definition) is 0. The van der Waals surface area contributed by atoms with E-state index >= 15 is 0 Å². The van der Waals surface area contributed by atoms with Crippen LogP contribution in [0.25, 0.3) is 10.8 Å². The van der Waals surface area contributed by atoms with Crippen LogP contribution in [-0.2, 0) is 10.9 Å². The lowest BCUT2D eigenvalue weighted by molar-refractivity contribution is 1.09. The fourth-order valence-corrected chi connectivity index (χ4v) is 4.67. The normalized spacial score (nSPS) is 12.2. The van der Waals surface area contributed by atoms with Crippen LogP contribution in [0.3, 0.4) is 0 Å². The van der Waals surface area contributed by atoms with Crippen molar-refractivity contribution in [2.75, 3.05) is 11.5 Å². The summed E-state index contributed by atoms with van der Waals surface area (Å²) in [6.45, 7) is 6.86. The molecule has 0 amide bonds. The Bertz CT molecular complexity index is 502. The minimum Gasteiger partial charge on any atom is -0.0776 e. The fourth-order valence-electron chi connectivity index (χ4n) is 2.37. The Labute approximate surface area is 115 Å². The molecular weight excluding hydrogens is 236 g/mol. The van der Waals surface area contributed by atoms with E-state index in [2.05, 4.69) is 57.2 Å². The third-order valence-corrected chi connectivity index (χ3v) is 5.88. The topological polar surface area (TPSA) is 0 Å². The molecule has 0 radical (unpaired) electrons. The highest BCUT2D eigenvalue weighted by molar-refractivity contribution is 7.97. The number of aryl methyl sites for hydroxylation is 1. The molecule has 0 fully saturated rings. The standard InChI is InChI=1S/C16H21S.CH4/c1-4-12-17(5-2)16-13(3)10-11-14-8-6-7-9-15(14)16;/h6-11H,4-5,12H2,1-3H3;1H4/q+1;. The summed E-state index contributed by atoms with van der Waals surface area (Å²) in [6.07, 6.45) is 1.28. The minimum absolute atomic E-state index is 0. The van der Waals surface area contributed by atoms with Gasteiger partial charge in [0.15, 0.2) is 4.90 Å². The molecule has 1 atom stereocenters. The molecule has 18 heavy (non-hydrogen) atoms. The molecule has 0 aromatic heterocycles. The molecule has 1 unspecified atom stereocenters. The predicted octanol–water partition coefficient (Wildman–Crippen LogP) is 5.19. The summed E-state index contributed by atoms with van der Waals surface area (Å²) >= 11 is 0. The first-order valence-corrected chi connectivity index (χ1v) is 8.00. The molecule has 0 saturated heterocycles. The lowest BCUT2D eigenvalue weighted by atomic mass is 10.1. The van der Waals surface area contributed by atoms with E-state index in [9.17, 15) is 0 Å². The molecule has 0 saturated carbocycles. The van der Waals surface area contributed by atoms with Crippen molar-refractivity contribution >= 4 is 21.7 Å². The molecule has 0 spiro atoms. The molecule has 2 rings (SSSR count). The van der Waals surface area contributed by atoms with Crippen LogP contribution >= 0.6 is 0 Å². The van der Waals surface area contributed by atoms with Crippen LogP contribution in [-0.4, -0.2) is 11.5 Å². The molecule has 1 heteroatoms. The monoisotopic (exact) mass is 261 g/mol. The molecule has 2 aromatic carbocycles. The van der Waals surface area contributed by atoms with Crippen LogP contribution < -0.4 is 0 Å². The van der Waals surface area contributed by atoms with Gasteiger partial charge >= 0.3 is 0 Å². The van der Waals surface area contributed by atoms with Gasteiger partial charge in [-0.05, 0) is 31.7 Å². The van der Waals surface area contributed by atoms with E-state index in [0.29, 0.717) is 10.9 Å². The van der Waals surface area contributed by atoms with Crippen LogP contribution in [0.15, 0.2) is 41.3 Å². The van der Waals surface area contributed by atoms with Gasteiger partial charge < -0.3 is 0 Å². The molecule has 0 aliphatic heterocycles. The lowest BCUT2D eigenvalue weighted by Crippen LogP contribution is -2.12. The molecule has 0 aliphatic rings. The summed E-state index contributed by atoms with van der Waals surface area (Å²) in [4.78, 5) is 1.60. The van der Waals surface area contributed by atoms with Gasteiger partial charge in [-0.3, -0.25) is 0 Å². The summed E-state index contributed by atoms with van der Waals surface area (Å²) < 4.78 is 0. The van der Waals surface area contributed by atoms with Gasteiger partial charge in [-0.1, -0.05) is 44.7 Å². The molecule has 98 valence electrons. The molecule has 0 N–H and O–H groups in total. The van der Waals surface area contributed by atoms with Crippen molar-refractivity contribution in [1.29, 1.82) is 0 Å². The Balaban J connectivity index is 0.00000162. The zero-order valence-corrected chi connectivity index (χ0v) is 11.8. The highest BCUT2D eigenvalue weighted by Crippen LogP contribution is 2.29. The van der Waals surface area contributed by atoms with Crippen LogP contribution in [0.5, 0.6) is 0 Å². The van der Waals surface area contributed by atoms with Crippen LogP contribution in [0.1, 0.15) is 33.3 Å². The van der Waals surface area contributed by atoms with Gasteiger partial charge in [0.25, 0.3) is 0 Å². The Kier molecular flexibility index (Phi) is 5.74.